The van der Waals surface area contributed by atoms with Gasteiger partial charge in [-0.15, -0.1) is 0 Å². The highest BCUT2D eigenvalue weighted by molar-refractivity contribution is 7.22. The summed E-state index contributed by atoms with van der Waals surface area (Å²) in [4.78, 5) is 17.2. The number of hydrogen-bond donors (Lipinski definition) is 2. The second kappa shape index (κ2) is 10.8. The van der Waals surface area contributed by atoms with Crippen molar-refractivity contribution in [2.75, 3.05) is 43.4 Å². The predicted octanol–water partition coefficient (Wildman–Crippen LogP) is 6.07. The van der Waals surface area contributed by atoms with Crippen LogP contribution in [-0.2, 0) is 6.18 Å². The summed E-state index contributed by atoms with van der Waals surface area (Å²) in [6, 6.07) is 2.71. The molecule has 0 bridgehead atoms. The van der Waals surface area contributed by atoms with Gasteiger partial charge in [-0.05, 0) is 63.4 Å². The molecule has 0 spiro atoms. The number of rotatable bonds is 7. The van der Waals surface area contributed by atoms with Crippen LogP contribution >= 0.6 is 11.3 Å². The van der Waals surface area contributed by atoms with Gasteiger partial charge >= 0.3 is 12.2 Å². The zero-order valence-corrected chi connectivity index (χ0v) is 25.5. The van der Waals surface area contributed by atoms with Crippen LogP contribution < -0.4 is 20.7 Å². The predicted molar refractivity (Wildman–Crippen MR) is 163 cm³/mol. The maximum Gasteiger partial charge on any atom is 0.417 e. The fourth-order valence-corrected chi connectivity index (χ4v) is 8.42. The van der Waals surface area contributed by atoms with E-state index in [0.717, 1.165) is 74.7 Å². The van der Waals surface area contributed by atoms with Gasteiger partial charge in [-0.1, -0.05) is 11.3 Å². The number of nitrogens with zero attached hydrogens (tertiary/aromatic N) is 5. The molecule has 15 heteroatoms. The van der Waals surface area contributed by atoms with E-state index < -0.39 is 40.6 Å². The van der Waals surface area contributed by atoms with Crippen LogP contribution in [0, 0.1) is 11.6 Å². The Morgan fingerprint density at radius 1 is 1.11 bits per heavy atom. The average Bonchev–Trinajstić information content (AvgIpc) is 3.30. The molecule has 0 unspecified atom stereocenters. The number of aromatic nitrogens is 3. The van der Waals surface area contributed by atoms with Crippen molar-refractivity contribution >= 4 is 43.4 Å². The van der Waals surface area contributed by atoms with Gasteiger partial charge in [0.2, 0.25) is 0 Å². The molecule has 4 aliphatic rings. The number of fused-ring (bicyclic) bond motifs is 3. The molecule has 0 amide bonds. The Bertz CT molecular complexity index is 1840. The number of benzene rings is 2. The molecule has 2 aromatic heterocycles. The van der Waals surface area contributed by atoms with Gasteiger partial charge in [0.1, 0.15) is 29.9 Å². The number of nitrogen functional groups attached to an aromatic ring is 1. The van der Waals surface area contributed by atoms with Crippen molar-refractivity contribution in [1.82, 2.24) is 25.2 Å². The molecule has 3 saturated heterocycles. The average molecular weight is 664 g/mol. The second-order valence-electron chi connectivity index (χ2n) is 12.8. The number of hydrogen-bond acceptors (Lipinski definition) is 9. The first-order valence-corrected chi connectivity index (χ1v) is 16.3. The zero-order valence-electron chi connectivity index (χ0n) is 24.6. The molecule has 46 heavy (non-hydrogen) atoms. The summed E-state index contributed by atoms with van der Waals surface area (Å²) in [5.74, 6) is -1.80. The first-order chi connectivity index (χ1) is 22.0. The summed E-state index contributed by atoms with van der Waals surface area (Å²) in [5.41, 5.74) is 2.43. The summed E-state index contributed by atoms with van der Waals surface area (Å²) in [5, 5.41) is 3.14. The number of nitrogens with one attached hydrogen (secondary N) is 1. The first kappa shape index (κ1) is 29.9. The third-order valence-corrected chi connectivity index (χ3v) is 10.7. The summed E-state index contributed by atoms with van der Waals surface area (Å²) in [6.07, 6.45) is -1.71. The second-order valence-corrected chi connectivity index (χ2v) is 13.8. The standard InChI is InChI=1S/C31H31F6N7OS/c32-15-11-30(7-1-9-43(30)13-15)14-45-29-41-24-19(27(42-29)44(16-2-3-16)17-6-8-39-12-17)10-20(31(35,36)37)22(23(24)34)18-4-5-21(33)26-25(18)40-28(38)46-26/h4-5,10,15-17,39H,1-3,6-9,11-14H2,(H2,38,40)/t15-,17-,30+/m1/s1. The molecule has 1 aliphatic carbocycles. The van der Waals surface area contributed by atoms with Crippen LogP contribution in [0.4, 0.5) is 37.3 Å². The van der Waals surface area contributed by atoms with Gasteiger partial charge in [-0.3, -0.25) is 4.90 Å². The maximum atomic E-state index is 16.9. The quantitative estimate of drug-likeness (QED) is 0.230. The van der Waals surface area contributed by atoms with Crippen LogP contribution in [0.3, 0.4) is 0 Å². The molecule has 3 N–H and O–H groups in total. The van der Waals surface area contributed by atoms with Crippen molar-refractivity contribution < 1.29 is 31.1 Å². The normalized spacial score (nSPS) is 25.2. The third kappa shape index (κ3) is 4.93. The van der Waals surface area contributed by atoms with Gasteiger partial charge < -0.3 is 20.7 Å². The van der Waals surface area contributed by atoms with Crippen molar-refractivity contribution in [3.05, 3.63) is 35.4 Å². The molecule has 8 nitrogen and oxygen atoms in total. The van der Waals surface area contributed by atoms with E-state index in [1.54, 1.807) is 0 Å². The lowest BCUT2D eigenvalue weighted by molar-refractivity contribution is -0.137. The Balaban J connectivity index is 1.34. The lowest BCUT2D eigenvalue weighted by Crippen LogP contribution is -2.43. The molecule has 4 aromatic rings. The Morgan fingerprint density at radius 3 is 2.67 bits per heavy atom. The zero-order chi connectivity index (χ0) is 32.0. The van der Waals surface area contributed by atoms with Gasteiger partial charge in [-0.25, -0.2) is 18.2 Å². The molecular weight excluding hydrogens is 632 g/mol. The number of thiazole rings is 1. The number of ether oxygens (including phenoxy) is 1. The van der Waals surface area contributed by atoms with E-state index >= 15 is 4.39 Å². The number of halogens is 6. The maximum absolute atomic E-state index is 16.9. The van der Waals surface area contributed by atoms with Crippen LogP contribution in [0.1, 0.15) is 44.1 Å². The van der Waals surface area contributed by atoms with E-state index in [4.69, 9.17) is 10.5 Å². The lowest BCUT2D eigenvalue weighted by Gasteiger charge is -2.32. The van der Waals surface area contributed by atoms with E-state index in [-0.39, 0.29) is 62.3 Å². The summed E-state index contributed by atoms with van der Waals surface area (Å²) in [6.45, 7) is 2.44. The minimum Gasteiger partial charge on any atom is -0.461 e. The highest BCUT2D eigenvalue weighted by Crippen LogP contribution is 2.47. The van der Waals surface area contributed by atoms with Crippen LogP contribution in [0.2, 0.25) is 0 Å². The third-order valence-electron chi connectivity index (χ3n) is 9.82. The van der Waals surface area contributed by atoms with Gasteiger partial charge in [0.05, 0.1) is 21.3 Å². The lowest BCUT2D eigenvalue weighted by atomic mass is 9.94. The first-order valence-electron chi connectivity index (χ1n) is 15.5. The van der Waals surface area contributed by atoms with Gasteiger partial charge in [0.25, 0.3) is 0 Å². The molecule has 3 aliphatic heterocycles. The van der Waals surface area contributed by atoms with Gasteiger partial charge in [0, 0.05) is 48.1 Å². The molecular formula is C31H31F6N7OS. The monoisotopic (exact) mass is 663 g/mol. The van der Waals surface area contributed by atoms with Crippen molar-refractivity contribution in [3.63, 3.8) is 0 Å². The van der Waals surface area contributed by atoms with Crippen LogP contribution in [0.25, 0.3) is 32.2 Å². The minimum absolute atomic E-state index is 0.0219. The van der Waals surface area contributed by atoms with Crippen LogP contribution in [0.5, 0.6) is 6.01 Å². The van der Waals surface area contributed by atoms with Gasteiger partial charge in [-0.2, -0.15) is 23.1 Å². The molecule has 8 rings (SSSR count). The van der Waals surface area contributed by atoms with Crippen molar-refractivity contribution in [2.45, 2.75) is 68.5 Å². The largest absolute Gasteiger partial charge is 0.461 e. The minimum atomic E-state index is -4.99. The van der Waals surface area contributed by atoms with Crippen LogP contribution in [0.15, 0.2) is 18.2 Å². The summed E-state index contributed by atoms with van der Waals surface area (Å²) < 4.78 is 96.7. The van der Waals surface area contributed by atoms with E-state index in [1.807, 2.05) is 4.90 Å². The van der Waals surface area contributed by atoms with Crippen molar-refractivity contribution in [3.8, 4) is 17.1 Å². The molecule has 3 atom stereocenters. The van der Waals surface area contributed by atoms with Gasteiger partial charge in [0.15, 0.2) is 10.9 Å². The summed E-state index contributed by atoms with van der Waals surface area (Å²) >= 11 is 0.768. The van der Waals surface area contributed by atoms with E-state index in [9.17, 15) is 22.0 Å². The fraction of sp³-hybridized carbons (Fsp3) is 0.516. The highest BCUT2D eigenvalue weighted by Gasteiger charge is 2.49. The SMILES string of the molecule is Nc1nc2c(-c3c(C(F)(F)F)cc4c(N(C5CC5)[C@@H]5CCNC5)nc(OC[C@@]56CCCN5C[C@H](F)C6)nc4c3F)ccc(F)c2s1. The molecule has 2 aromatic carbocycles. The molecule has 0 radical (unpaired) electrons. The highest BCUT2D eigenvalue weighted by atomic mass is 32.1. The van der Waals surface area contributed by atoms with E-state index in [0.29, 0.717) is 19.5 Å². The van der Waals surface area contributed by atoms with Crippen LogP contribution in [-0.4, -0.2) is 76.4 Å². The molecule has 4 fully saturated rings. The molecule has 5 heterocycles. The topological polar surface area (TPSA) is 92.4 Å². The van der Waals surface area contributed by atoms with Crippen molar-refractivity contribution in [1.29, 1.82) is 0 Å². The summed E-state index contributed by atoms with van der Waals surface area (Å²) in [7, 11) is 0. The Morgan fingerprint density at radius 2 is 1.93 bits per heavy atom. The van der Waals surface area contributed by atoms with E-state index in [2.05, 4.69) is 25.2 Å². The van der Waals surface area contributed by atoms with E-state index in [1.165, 1.54) is 0 Å². The number of nitrogens with two attached hydrogens (primary N) is 1. The fourth-order valence-electron chi connectivity index (χ4n) is 7.65. The molecule has 244 valence electrons. The smallest absolute Gasteiger partial charge is 0.417 e. The number of alkyl halides is 4. The Kier molecular flexibility index (Phi) is 7.03. The Hall–Kier alpha value is -3.43. The van der Waals surface area contributed by atoms with Crippen molar-refractivity contribution in [2.24, 2.45) is 0 Å². The molecule has 1 saturated carbocycles. The number of anilines is 2. The Labute approximate surface area is 263 Å².